The van der Waals surface area contributed by atoms with Crippen LogP contribution in [0.3, 0.4) is 0 Å². The van der Waals surface area contributed by atoms with Crippen LogP contribution in [0.4, 0.5) is 5.69 Å². The molecule has 2 nitrogen and oxygen atoms in total. The van der Waals surface area contributed by atoms with Crippen molar-refractivity contribution in [2.45, 2.75) is 13.5 Å². The molecular weight excluding hydrogens is 300 g/mol. The monoisotopic (exact) mass is 310 g/mol. The summed E-state index contributed by atoms with van der Waals surface area (Å²) in [5.41, 5.74) is 3.12. The van der Waals surface area contributed by atoms with Crippen molar-refractivity contribution in [3.8, 4) is 0 Å². The van der Waals surface area contributed by atoms with Crippen molar-refractivity contribution in [1.82, 2.24) is 4.98 Å². The number of hydrogen-bond donors (Lipinski definition) is 1. The molecule has 0 aliphatic heterocycles. The predicted octanol–water partition coefficient (Wildman–Crippen LogP) is 4.42. The molecule has 0 fully saturated rings. The number of anilines is 1. The molecule has 1 heterocycles. The fourth-order valence-electron chi connectivity index (χ4n) is 1.52. The summed E-state index contributed by atoms with van der Waals surface area (Å²) in [7, 11) is 0. The number of nitrogens with zero attached hydrogens (tertiary/aromatic N) is 1. The van der Waals surface area contributed by atoms with Crippen molar-refractivity contribution in [3.05, 3.63) is 57.3 Å². The van der Waals surface area contributed by atoms with E-state index in [4.69, 9.17) is 11.6 Å². The minimum Gasteiger partial charge on any atom is -0.378 e. The molecule has 4 heteroatoms. The number of benzene rings is 1. The fraction of sp³-hybridized carbons (Fsp3) is 0.154. The molecule has 0 aliphatic carbocycles. The zero-order valence-corrected chi connectivity index (χ0v) is 11.7. The van der Waals surface area contributed by atoms with E-state index in [0.717, 1.165) is 15.9 Å². The standard InChI is InChI=1S/C13H12BrClN2/c1-9-3-2-6-16-13(9)8-17-12-5-4-10(14)7-11(12)15/h2-7,17H,8H2,1H3. The van der Waals surface area contributed by atoms with Crippen LogP contribution in [0.15, 0.2) is 41.0 Å². The third kappa shape index (κ3) is 3.20. The molecule has 1 aromatic carbocycles. The number of hydrogen-bond acceptors (Lipinski definition) is 2. The normalized spacial score (nSPS) is 10.3. The third-order valence-electron chi connectivity index (χ3n) is 2.50. The van der Waals surface area contributed by atoms with Gasteiger partial charge in [0, 0.05) is 10.7 Å². The molecule has 0 saturated heterocycles. The molecular formula is C13H12BrClN2. The molecule has 0 unspecified atom stereocenters. The van der Waals surface area contributed by atoms with E-state index in [1.165, 1.54) is 5.56 Å². The van der Waals surface area contributed by atoms with Crippen LogP contribution in [0.5, 0.6) is 0 Å². The fourth-order valence-corrected chi connectivity index (χ4v) is 2.26. The van der Waals surface area contributed by atoms with Gasteiger partial charge >= 0.3 is 0 Å². The van der Waals surface area contributed by atoms with E-state index in [-0.39, 0.29) is 0 Å². The highest BCUT2D eigenvalue weighted by molar-refractivity contribution is 9.10. The van der Waals surface area contributed by atoms with Crippen LogP contribution in [-0.4, -0.2) is 4.98 Å². The van der Waals surface area contributed by atoms with E-state index in [0.29, 0.717) is 11.6 Å². The summed E-state index contributed by atoms with van der Waals surface area (Å²) in [6.07, 6.45) is 1.80. The molecule has 1 N–H and O–H groups in total. The topological polar surface area (TPSA) is 24.9 Å². The Balaban J connectivity index is 2.10. The second-order valence-corrected chi connectivity index (χ2v) is 5.07. The minimum absolute atomic E-state index is 0.675. The largest absolute Gasteiger partial charge is 0.378 e. The van der Waals surface area contributed by atoms with Gasteiger partial charge in [-0.25, -0.2) is 0 Å². The van der Waals surface area contributed by atoms with E-state index in [9.17, 15) is 0 Å². The SMILES string of the molecule is Cc1cccnc1CNc1ccc(Br)cc1Cl. The first-order valence-corrected chi connectivity index (χ1v) is 6.43. The lowest BCUT2D eigenvalue weighted by Gasteiger charge is -2.09. The van der Waals surface area contributed by atoms with Crippen LogP contribution in [-0.2, 0) is 6.54 Å². The lowest BCUT2D eigenvalue weighted by atomic mass is 10.2. The first kappa shape index (κ1) is 12.4. The maximum atomic E-state index is 6.12. The zero-order chi connectivity index (χ0) is 12.3. The van der Waals surface area contributed by atoms with Crippen LogP contribution in [0.25, 0.3) is 0 Å². The third-order valence-corrected chi connectivity index (χ3v) is 3.30. The molecule has 1 aromatic heterocycles. The number of rotatable bonds is 3. The molecule has 0 spiro atoms. The summed E-state index contributed by atoms with van der Waals surface area (Å²) in [6, 6.07) is 9.76. The lowest BCUT2D eigenvalue weighted by molar-refractivity contribution is 1.02. The second-order valence-electron chi connectivity index (χ2n) is 3.74. The van der Waals surface area contributed by atoms with Gasteiger partial charge in [-0.2, -0.15) is 0 Å². The Morgan fingerprint density at radius 2 is 2.18 bits per heavy atom. The molecule has 0 atom stereocenters. The lowest BCUT2D eigenvalue weighted by Crippen LogP contribution is -2.03. The van der Waals surface area contributed by atoms with E-state index in [1.807, 2.05) is 37.3 Å². The molecule has 0 saturated carbocycles. The van der Waals surface area contributed by atoms with Gasteiger partial charge in [0.1, 0.15) is 0 Å². The molecule has 0 radical (unpaired) electrons. The smallest absolute Gasteiger partial charge is 0.0648 e. The van der Waals surface area contributed by atoms with E-state index < -0.39 is 0 Å². The molecule has 88 valence electrons. The van der Waals surface area contributed by atoms with Crippen molar-refractivity contribution >= 4 is 33.2 Å². The van der Waals surface area contributed by atoms with Crippen LogP contribution < -0.4 is 5.32 Å². The molecule has 2 rings (SSSR count). The minimum atomic E-state index is 0.675. The number of halogens is 2. The Morgan fingerprint density at radius 3 is 2.88 bits per heavy atom. The van der Waals surface area contributed by atoms with E-state index in [2.05, 4.69) is 26.2 Å². The Labute approximate surface area is 114 Å². The van der Waals surface area contributed by atoms with Gasteiger partial charge in [0.25, 0.3) is 0 Å². The summed E-state index contributed by atoms with van der Waals surface area (Å²) in [5.74, 6) is 0. The molecule has 0 amide bonds. The number of aromatic nitrogens is 1. The van der Waals surface area contributed by atoms with Gasteiger partial charge in [-0.1, -0.05) is 33.6 Å². The van der Waals surface area contributed by atoms with Crippen LogP contribution >= 0.6 is 27.5 Å². The molecule has 0 aliphatic rings. The number of pyridine rings is 1. The van der Waals surface area contributed by atoms with Crippen LogP contribution in [0, 0.1) is 6.92 Å². The Morgan fingerprint density at radius 1 is 1.35 bits per heavy atom. The Hall–Kier alpha value is -1.06. The zero-order valence-electron chi connectivity index (χ0n) is 9.37. The quantitative estimate of drug-likeness (QED) is 0.907. The molecule has 2 aromatic rings. The Bertz CT molecular complexity index is 529. The molecule has 17 heavy (non-hydrogen) atoms. The average Bonchev–Trinajstić information content (AvgIpc) is 2.30. The Kier molecular flexibility index (Phi) is 4.02. The van der Waals surface area contributed by atoms with Crippen molar-refractivity contribution in [2.24, 2.45) is 0 Å². The summed E-state index contributed by atoms with van der Waals surface area (Å²) >= 11 is 9.50. The summed E-state index contributed by atoms with van der Waals surface area (Å²) < 4.78 is 0.974. The van der Waals surface area contributed by atoms with Gasteiger partial charge < -0.3 is 5.32 Å². The van der Waals surface area contributed by atoms with E-state index in [1.54, 1.807) is 6.20 Å². The van der Waals surface area contributed by atoms with E-state index >= 15 is 0 Å². The van der Waals surface area contributed by atoms with Crippen molar-refractivity contribution < 1.29 is 0 Å². The summed E-state index contributed by atoms with van der Waals surface area (Å²) in [4.78, 5) is 4.33. The molecule has 0 bridgehead atoms. The van der Waals surface area contributed by atoms with Gasteiger partial charge in [0.05, 0.1) is 22.9 Å². The van der Waals surface area contributed by atoms with Crippen LogP contribution in [0.1, 0.15) is 11.3 Å². The van der Waals surface area contributed by atoms with Crippen LogP contribution in [0.2, 0.25) is 5.02 Å². The van der Waals surface area contributed by atoms with Gasteiger partial charge in [-0.05, 0) is 36.8 Å². The first-order valence-electron chi connectivity index (χ1n) is 5.26. The van der Waals surface area contributed by atoms with Crippen molar-refractivity contribution in [2.75, 3.05) is 5.32 Å². The number of nitrogens with one attached hydrogen (secondary N) is 1. The first-order chi connectivity index (χ1) is 8.16. The maximum absolute atomic E-state index is 6.12. The van der Waals surface area contributed by atoms with Gasteiger partial charge in [-0.3, -0.25) is 4.98 Å². The maximum Gasteiger partial charge on any atom is 0.0648 e. The van der Waals surface area contributed by atoms with Gasteiger partial charge in [0.15, 0.2) is 0 Å². The average molecular weight is 312 g/mol. The predicted molar refractivity (Wildman–Crippen MR) is 75.5 cm³/mol. The van der Waals surface area contributed by atoms with Gasteiger partial charge in [-0.15, -0.1) is 0 Å². The highest BCUT2D eigenvalue weighted by Crippen LogP contribution is 2.26. The number of aryl methyl sites for hydroxylation is 1. The highest BCUT2D eigenvalue weighted by atomic mass is 79.9. The summed E-state index contributed by atoms with van der Waals surface area (Å²) in [5, 5.41) is 3.98. The second kappa shape index (κ2) is 5.52. The van der Waals surface area contributed by atoms with Crippen molar-refractivity contribution in [3.63, 3.8) is 0 Å². The summed E-state index contributed by atoms with van der Waals surface area (Å²) in [6.45, 7) is 2.72. The van der Waals surface area contributed by atoms with Crippen molar-refractivity contribution in [1.29, 1.82) is 0 Å². The van der Waals surface area contributed by atoms with Gasteiger partial charge in [0.2, 0.25) is 0 Å². The highest BCUT2D eigenvalue weighted by Gasteiger charge is 2.02.